The van der Waals surface area contributed by atoms with E-state index in [0.29, 0.717) is 43.8 Å². The molecule has 1 aliphatic rings. The van der Waals surface area contributed by atoms with E-state index in [2.05, 4.69) is 22.6 Å². The van der Waals surface area contributed by atoms with Crippen LogP contribution >= 0.6 is 58.2 Å². The zero-order valence-electron chi connectivity index (χ0n) is 18.2. The van der Waals surface area contributed by atoms with Crippen molar-refractivity contribution in [3.8, 4) is 17.2 Å². The van der Waals surface area contributed by atoms with Crippen molar-refractivity contribution < 1.29 is 19.0 Å². The number of thioether (sulfide) groups is 1. The third-order valence-corrected chi connectivity index (χ3v) is 7.47. The van der Waals surface area contributed by atoms with Crippen LogP contribution in [-0.2, 0) is 11.4 Å². The molecule has 174 valence electrons. The number of anilines is 1. The number of ether oxygens (including phenoxy) is 3. The van der Waals surface area contributed by atoms with E-state index < -0.39 is 0 Å². The third-order valence-electron chi connectivity index (χ3n) is 5.00. The Morgan fingerprint density at radius 3 is 2.50 bits per heavy atom. The van der Waals surface area contributed by atoms with Crippen molar-refractivity contribution in [1.82, 2.24) is 0 Å². The summed E-state index contributed by atoms with van der Waals surface area (Å²) < 4.78 is 18.3. The van der Waals surface area contributed by atoms with Gasteiger partial charge in [-0.05, 0) is 64.6 Å². The number of amides is 1. The number of halogens is 2. The molecular weight excluding hydrogens is 605 g/mol. The molecule has 1 amide bonds. The summed E-state index contributed by atoms with van der Waals surface area (Å²) in [7, 11) is 3.15. The van der Waals surface area contributed by atoms with Gasteiger partial charge in [0.05, 0.1) is 28.4 Å². The number of carbonyl (C=O) groups is 1. The van der Waals surface area contributed by atoms with Crippen LogP contribution in [0, 0.1) is 3.57 Å². The van der Waals surface area contributed by atoms with Crippen molar-refractivity contribution in [1.29, 1.82) is 0 Å². The molecule has 4 rings (SSSR count). The molecule has 0 saturated carbocycles. The highest BCUT2D eigenvalue weighted by Crippen LogP contribution is 2.41. The van der Waals surface area contributed by atoms with Gasteiger partial charge >= 0.3 is 0 Å². The molecule has 1 saturated heterocycles. The van der Waals surface area contributed by atoms with Crippen molar-refractivity contribution in [2.24, 2.45) is 0 Å². The summed E-state index contributed by atoms with van der Waals surface area (Å²) in [6, 6.07) is 18.6. The van der Waals surface area contributed by atoms with Gasteiger partial charge in [-0.15, -0.1) is 0 Å². The first-order chi connectivity index (χ1) is 16.4. The standard InChI is InChI=1S/C25H19ClINO4S2/c1-30-20-10-6-5-9-19(20)28-24(29)22(34-25(28)33)13-15-11-18(27)23(21(12-15)31-2)32-14-16-7-3-4-8-17(16)26/h3-13H,14H2,1-2H3/b22-13+. The zero-order chi connectivity index (χ0) is 24.2. The maximum absolute atomic E-state index is 13.2. The van der Waals surface area contributed by atoms with Gasteiger partial charge in [0.25, 0.3) is 5.91 Å². The molecule has 9 heteroatoms. The van der Waals surface area contributed by atoms with Gasteiger partial charge < -0.3 is 14.2 Å². The maximum Gasteiger partial charge on any atom is 0.270 e. The molecule has 0 radical (unpaired) electrons. The topological polar surface area (TPSA) is 48.0 Å². The molecule has 0 atom stereocenters. The van der Waals surface area contributed by atoms with E-state index in [-0.39, 0.29) is 5.91 Å². The molecular formula is C25H19ClINO4S2. The van der Waals surface area contributed by atoms with Gasteiger partial charge in [-0.1, -0.05) is 65.9 Å². The Kier molecular flexibility index (Phi) is 8.02. The summed E-state index contributed by atoms with van der Waals surface area (Å²) in [6.07, 6.45) is 1.80. The fraction of sp³-hybridized carbons (Fsp3) is 0.120. The minimum absolute atomic E-state index is 0.201. The van der Waals surface area contributed by atoms with E-state index in [0.717, 1.165) is 14.7 Å². The normalized spacial score (nSPS) is 14.6. The summed E-state index contributed by atoms with van der Waals surface area (Å²) in [6.45, 7) is 0.308. The smallest absolute Gasteiger partial charge is 0.270 e. The third kappa shape index (κ3) is 5.19. The molecule has 0 unspecified atom stereocenters. The molecule has 1 aliphatic heterocycles. The van der Waals surface area contributed by atoms with E-state index in [9.17, 15) is 4.79 Å². The average molecular weight is 624 g/mol. The lowest BCUT2D eigenvalue weighted by atomic mass is 10.1. The lowest BCUT2D eigenvalue weighted by Gasteiger charge is -2.17. The summed E-state index contributed by atoms with van der Waals surface area (Å²) >= 11 is 15.2. The van der Waals surface area contributed by atoms with E-state index >= 15 is 0 Å². The minimum Gasteiger partial charge on any atom is -0.495 e. The predicted octanol–water partition coefficient (Wildman–Crippen LogP) is 6.95. The van der Waals surface area contributed by atoms with Crippen LogP contribution in [0.4, 0.5) is 5.69 Å². The largest absolute Gasteiger partial charge is 0.495 e. The van der Waals surface area contributed by atoms with Crippen LogP contribution in [-0.4, -0.2) is 24.4 Å². The number of methoxy groups -OCH3 is 2. The van der Waals surface area contributed by atoms with Gasteiger partial charge in [0.15, 0.2) is 15.8 Å². The number of hydrogen-bond acceptors (Lipinski definition) is 6. The van der Waals surface area contributed by atoms with Gasteiger partial charge in [0, 0.05) is 10.6 Å². The lowest BCUT2D eigenvalue weighted by Crippen LogP contribution is -2.27. The number of rotatable bonds is 7. The number of nitrogens with zero attached hydrogens (tertiary/aromatic N) is 1. The summed E-state index contributed by atoms with van der Waals surface area (Å²) in [5.74, 6) is 1.55. The Balaban J connectivity index is 1.60. The molecule has 0 spiro atoms. The van der Waals surface area contributed by atoms with Crippen molar-refractivity contribution in [3.63, 3.8) is 0 Å². The van der Waals surface area contributed by atoms with Crippen LogP contribution in [0.2, 0.25) is 5.02 Å². The second-order valence-corrected chi connectivity index (χ2v) is 10.3. The lowest BCUT2D eigenvalue weighted by molar-refractivity contribution is -0.113. The average Bonchev–Trinajstić information content (AvgIpc) is 3.11. The van der Waals surface area contributed by atoms with E-state index in [1.807, 2.05) is 54.6 Å². The number of hydrogen-bond donors (Lipinski definition) is 0. The highest BCUT2D eigenvalue weighted by molar-refractivity contribution is 14.1. The van der Waals surface area contributed by atoms with E-state index in [1.54, 1.807) is 26.4 Å². The zero-order valence-corrected chi connectivity index (χ0v) is 22.8. The quantitative estimate of drug-likeness (QED) is 0.161. The first kappa shape index (κ1) is 24.8. The van der Waals surface area contributed by atoms with Crippen molar-refractivity contribution in [3.05, 3.63) is 85.3 Å². The van der Waals surface area contributed by atoms with Crippen LogP contribution < -0.4 is 19.1 Å². The van der Waals surface area contributed by atoms with Gasteiger partial charge in [0.1, 0.15) is 12.4 Å². The van der Waals surface area contributed by atoms with Crippen LogP contribution in [0.25, 0.3) is 6.08 Å². The van der Waals surface area contributed by atoms with Gasteiger partial charge in [-0.2, -0.15) is 0 Å². The minimum atomic E-state index is -0.201. The fourth-order valence-corrected chi connectivity index (χ4v) is 5.63. The Morgan fingerprint density at radius 2 is 1.76 bits per heavy atom. The summed E-state index contributed by atoms with van der Waals surface area (Å²) in [5.41, 5.74) is 2.30. The second kappa shape index (κ2) is 11.0. The molecule has 3 aromatic rings. The highest BCUT2D eigenvalue weighted by atomic mass is 127. The summed E-state index contributed by atoms with van der Waals surface area (Å²) in [5, 5.41) is 0.644. The highest BCUT2D eigenvalue weighted by Gasteiger charge is 2.35. The SMILES string of the molecule is COc1ccccc1N1C(=O)/C(=C\c2cc(I)c(OCc3ccccc3Cl)c(OC)c2)SC1=S. The number of para-hydroxylation sites is 2. The second-order valence-electron chi connectivity index (χ2n) is 7.10. The Labute approximate surface area is 226 Å². The molecule has 3 aromatic carbocycles. The first-order valence-electron chi connectivity index (χ1n) is 10.1. The first-order valence-corrected chi connectivity index (χ1v) is 12.8. The van der Waals surface area contributed by atoms with Crippen LogP contribution in [0.1, 0.15) is 11.1 Å². The van der Waals surface area contributed by atoms with Gasteiger partial charge in [-0.25, -0.2) is 0 Å². The number of benzene rings is 3. The Bertz CT molecular complexity index is 1300. The van der Waals surface area contributed by atoms with Crippen LogP contribution in [0.3, 0.4) is 0 Å². The van der Waals surface area contributed by atoms with E-state index in [4.69, 9.17) is 38.0 Å². The predicted molar refractivity (Wildman–Crippen MR) is 150 cm³/mol. The van der Waals surface area contributed by atoms with Crippen molar-refractivity contribution in [2.45, 2.75) is 6.61 Å². The Hall–Kier alpha value is -2.27. The molecule has 1 fully saturated rings. The van der Waals surface area contributed by atoms with E-state index in [1.165, 1.54) is 16.7 Å². The molecule has 0 bridgehead atoms. The monoisotopic (exact) mass is 623 g/mol. The van der Waals surface area contributed by atoms with Crippen molar-refractivity contribution >= 4 is 80.2 Å². The van der Waals surface area contributed by atoms with Gasteiger partial charge in [-0.3, -0.25) is 9.69 Å². The fourth-order valence-electron chi connectivity index (χ4n) is 3.37. The number of carbonyl (C=O) groups excluding carboxylic acids is 1. The van der Waals surface area contributed by atoms with Gasteiger partial charge in [0.2, 0.25) is 0 Å². The molecule has 5 nitrogen and oxygen atoms in total. The Morgan fingerprint density at radius 1 is 1.06 bits per heavy atom. The number of thiocarbonyl (C=S) groups is 1. The summed E-state index contributed by atoms with van der Waals surface area (Å²) in [4.78, 5) is 15.2. The van der Waals surface area contributed by atoms with Crippen LogP contribution in [0.5, 0.6) is 17.2 Å². The molecule has 0 aliphatic carbocycles. The molecule has 1 heterocycles. The maximum atomic E-state index is 13.2. The van der Waals surface area contributed by atoms with Crippen LogP contribution in [0.15, 0.2) is 65.6 Å². The molecule has 0 aromatic heterocycles. The molecule has 0 N–H and O–H groups in total. The van der Waals surface area contributed by atoms with Crippen molar-refractivity contribution in [2.75, 3.05) is 19.1 Å². The molecule has 34 heavy (non-hydrogen) atoms.